The summed E-state index contributed by atoms with van der Waals surface area (Å²) in [5.74, 6) is 3.36. The molecule has 3 heteroatoms. The molecule has 0 aromatic heterocycles. The van der Waals surface area contributed by atoms with Crippen molar-refractivity contribution in [3.63, 3.8) is 0 Å². The van der Waals surface area contributed by atoms with Crippen LogP contribution in [0.3, 0.4) is 0 Å². The first-order valence-electron chi connectivity index (χ1n) is 33.1. The van der Waals surface area contributed by atoms with Crippen molar-refractivity contribution in [1.82, 2.24) is 0 Å². The first-order chi connectivity index (χ1) is 44.0. The van der Waals surface area contributed by atoms with Gasteiger partial charge in [0.1, 0.15) is 23.0 Å². The van der Waals surface area contributed by atoms with Gasteiger partial charge in [0.25, 0.3) is 0 Å². The Hall–Kier alpha value is -7.62. The van der Waals surface area contributed by atoms with E-state index in [1.807, 2.05) is 236 Å². The molecule has 481 valence electrons. The van der Waals surface area contributed by atoms with Crippen LogP contribution in [-0.4, -0.2) is 0 Å². The summed E-state index contributed by atoms with van der Waals surface area (Å²) in [5, 5.41) is 2.68. The molecule has 1 unspecified atom stereocenters. The number of aryl methyl sites for hydroxylation is 4. The monoisotopic (exact) mass is 1290 g/mol. The molecule has 2 nitrogen and oxygen atoms in total. The second kappa shape index (κ2) is 53.1. The van der Waals surface area contributed by atoms with Gasteiger partial charge in [-0.1, -0.05) is 299 Å². The van der Waals surface area contributed by atoms with Crippen LogP contribution in [0.1, 0.15) is 163 Å². The van der Waals surface area contributed by atoms with Crippen molar-refractivity contribution in [3.05, 3.63) is 336 Å². The summed E-state index contributed by atoms with van der Waals surface area (Å²) in [7, 11) is 0. The summed E-state index contributed by atoms with van der Waals surface area (Å²) in [4.78, 5) is 0. The summed E-state index contributed by atoms with van der Waals surface area (Å²) < 4.78 is 11.9. The van der Waals surface area contributed by atoms with E-state index in [1.165, 1.54) is 56.1 Å². The molecular weight excluding hydrogens is 1180 g/mol. The van der Waals surface area contributed by atoms with Crippen molar-refractivity contribution in [2.45, 2.75) is 163 Å². The van der Waals surface area contributed by atoms with E-state index in [9.17, 15) is 0 Å². The van der Waals surface area contributed by atoms with Crippen molar-refractivity contribution in [2.24, 2.45) is 0 Å². The Morgan fingerprint density at radius 3 is 1.01 bits per heavy atom. The van der Waals surface area contributed by atoms with E-state index in [1.54, 1.807) is 0 Å². The average molecular weight is 1290 g/mol. The van der Waals surface area contributed by atoms with Gasteiger partial charge in [-0.25, -0.2) is 0 Å². The van der Waals surface area contributed by atoms with E-state index in [-0.39, 0.29) is 43.5 Å². The van der Waals surface area contributed by atoms with Crippen molar-refractivity contribution >= 4 is 10.8 Å². The zero-order valence-corrected chi connectivity index (χ0v) is 62.6. The Morgan fingerprint density at radius 2 is 0.648 bits per heavy atom. The Balaban J connectivity index is 0. The number of hydrogen-bond acceptors (Lipinski definition) is 2. The molecule has 11 aromatic carbocycles. The van der Waals surface area contributed by atoms with Gasteiger partial charge < -0.3 is 9.47 Å². The minimum absolute atomic E-state index is 0. The van der Waals surface area contributed by atoms with Gasteiger partial charge >= 0.3 is 0 Å². The molecule has 1 radical (unpaired) electrons. The third-order valence-electron chi connectivity index (χ3n) is 13.1. The second-order valence-corrected chi connectivity index (χ2v) is 19.8. The second-order valence-electron chi connectivity index (χ2n) is 19.8. The number of benzene rings is 11. The van der Waals surface area contributed by atoms with Gasteiger partial charge in [-0.15, -0.1) is 0 Å². The zero-order valence-electron chi connectivity index (χ0n) is 59.7. The van der Waals surface area contributed by atoms with Crippen molar-refractivity contribution < 1.29 is 42.2 Å². The predicted octanol–water partition coefficient (Wildman–Crippen LogP) is 27.5. The molecule has 11 aromatic rings. The van der Waals surface area contributed by atoms with Crippen LogP contribution in [0.5, 0.6) is 23.0 Å². The van der Waals surface area contributed by atoms with E-state index < -0.39 is 0 Å². The van der Waals surface area contributed by atoms with Crippen LogP contribution in [0.15, 0.2) is 285 Å². The third kappa shape index (κ3) is 32.3. The van der Waals surface area contributed by atoms with Crippen molar-refractivity contribution in [2.75, 3.05) is 0 Å². The molecule has 0 amide bonds. The molecule has 0 saturated heterocycles. The Bertz CT molecular complexity index is 3210. The van der Waals surface area contributed by atoms with Gasteiger partial charge in [-0.05, 0) is 143 Å². The summed E-state index contributed by atoms with van der Waals surface area (Å²) >= 11 is 0. The van der Waals surface area contributed by atoms with E-state index in [4.69, 9.17) is 9.47 Å². The van der Waals surface area contributed by atoms with Crippen LogP contribution in [0.25, 0.3) is 21.9 Å². The third-order valence-corrected chi connectivity index (χ3v) is 13.1. The predicted molar refractivity (Wildman–Crippen MR) is 401 cm³/mol. The molecule has 0 saturated carbocycles. The standard InChI is InChI=1S/C26H22O2.C18H20.C11H10.C7H8.2C6H5.7C2H6.Y/c1-19-5-3-7-25(17-19)27-23-13-9-21(10-14-23)22-11-15-24(16-12-22)28-26-8-4-6-20(2)18-26;1-17(2)13-18(3,14-9-5-4-6-10-14)16-12-8-7-11-15(16)17;1-9-5-4-7-10-6-2-3-8-11(9)10;1-7-5-3-2-4-6-7;2*1-2-4-6-5-3-1;7*1-2;/h3-18H,1-2H3;4-12H,13H2,1-3H3;2-8H,1H3;2-6H,1H3;2*1-5H;7*1-2H3;/q;;;;2*-1;;;;;;;;. The molecule has 0 fully saturated rings. The molecular formula is C88H112O2Y-2. The van der Waals surface area contributed by atoms with E-state index in [2.05, 4.69) is 206 Å². The fraction of sp³-hybridized carbons (Fsp3) is 0.273. The molecule has 0 heterocycles. The summed E-state index contributed by atoms with van der Waals surface area (Å²) in [6.07, 6.45) is 1.18. The molecule has 1 aliphatic rings. The minimum atomic E-state index is 0. The van der Waals surface area contributed by atoms with Crippen LogP contribution in [0.2, 0.25) is 0 Å². The number of fused-ring (bicyclic) bond motifs is 2. The first-order valence-corrected chi connectivity index (χ1v) is 33.1. The van der Waals surface area contributed by atoms with Gasteiger partial charge in [0.15, 0.2) is 0 Å². The molecule has 1 aliphatic carbocycles. The van der Waals surface area contributed by atoms with Crippen molar-refractivity contribution in [3.8, 4) is 34.1 Å². The quantitative estimate of drug-likeness (QED) is 0.155. The van der Waals surface area contributed by atoms with Gasteiger partial charge in [-0.2, -0.15) is 72.8 Å². The molecule has 0 bridgehead atoms. The fourth-order valence-electron chi connectivity index (χ4n) is 9.36. The normalized spacial score (nSPS) is 11.6. The van der Waals surface area contributed by atoms with E-state index >= 15 is 0 Å². The zero-order chi connectivity index (χ0) is 67.4. The maximum atomic E-state index is 5.93. The first kappa shape index (κ1) is 85.4. The van der Waals surface area contributed by atoms with Gasteiger partial charge in [0.2, 0.25) is 0 Å². The summed E-state index contributed by atoms with van der Waals surface area (Å²) in [6, 6.07) is 102. The maximum Gasteiger partial charge on any atom is 0.127 e. The number of hydrogen-bond donors (Lipinski definition) is 0. The summed E-state index contributed by atoms with van der Waals surface area (Å²) in [5.41, 5.74) is 12.2. The van der Waals surface area contributed by atoms with E-state index in [0.29, 0.717) is 0 Å². The van der Waals surface area contributed by atoms with Gasteiger partial charge in [0.05, 0.1) is 0 Å². The molecule has 91 heavy (non-hydrogen) atoms. The van der Waals surface area contributed by atoms with Crippen LogP contribution < -0.4 is 9.47 Å². The average Bonchev–Trinajstić information content (AvgIpc) is 1.59. The Morgan fingerprint density at radius 1 is 0.308 bits per heavy atom. The van der Waals surface area contributed by atoms with Crippen LogP contribution in [0.4, 0.5) is 0 Å². The Labute approximate surface area is 581 Å². The molecule has 0 spiro atoms. The molecule has 0 aliphatic heterocycles. The minimum Gasteiger partial charge on any atom is -0.457 e. The van der Waals surface area contributed by atoms with Gasteiger partial charge in [-0.3, -0.25) is 0 Å². The molecule has 1 atom stereocenters. The van der Waals surface area contributed by atoms with Crippen LogP contribution in [0, 0.1) is 39.8 Å². The Kier molecular flexibility index (Phi) is 49.8. The largest absolute Gasteiger partial charge is 0.457 e. The number of rotatable bonds is 6. The smallest absolute Gasteiger partial charge is 0.127 e. The van der Waals surface area contributed by atoms with Crippen molar-refractivity contribution in [1.29, 1.82) is 0 Å². The van der Waals surface area contributed by atoms with Gasteiger partial charge in [0, 0.05) is 38.1 Å². The fourth-order valence-corrected chi connectivity index (χ4v) is 9.36. The molecule has 12 rings (SSSR count). The van der Waals surface area contributed by atoms with E-state index in [0.717, 1.165) is 34.1 Å². The summed E-state index contributed by atoms with van der Waals surface area (Å²) in [6.45, 7) is 43.4. The number of ether oxygens (including phenoxy) is 2. The topological polar surface area (TPSA) is 18.5 Å². The SMILES string of the molecule is CC.CC.CC.CC.CC.CC.CC.CC1(C)CC(C)(c2ccccc2)c2ccccc21.Cc1cccc(Oc2ccc(-c3ccc(Oc4cccc(C)c4)cc3)cc2)c1.Cc1cccc2ccccc12.Cc1ccccc1.[Y].[c-]1ccccc1.[c-]1ccccc1. The maximum absolute atomic E-state index is 5.93. The van der Waals surface area contributed by atoms with Crippen LogP contribution >= 0.6 is 0 Å². The molecule has 0 N–H and O–H groups in total. The van der Waals surface area contributed by atoms with Crippen LogP contribution in [-0.2, 0) is 43.5 Å².